The number of nitrogens with zero attached hydrogens (tertiary/aromatic N) is 3. The highest BCUT2D eigenvalue weighted by atomic mass is 32.1. The van der Waals surface area contributed by atoms with E-state index >= 15 is 0 Å². The molecule has 0 fully saturated rings. The second-order valence-corrected chi connectivity index (χ2v) is 8.81. The molecule has 6 aromatic rings. The van der Waals surface area contributed by atoms with Crippen LogP contribution in [0.25, 0.3) is 42.9 Å². The lowest BCUT2D eigenvalue weighted by atomic mass is 9.97. The Morgan fingerprint density at radius 1 is 0.879 bits per heavy atom. The summed E-state index contributed by atoms with van der Waals surface area (Å²) in [6.45, 7) is 1.82. The molecule has 33 heavy (non-hydrogen) atoms. The van der Waals surface area contributed by atoms with Crippen molar-refractivity contribution in [2.45, 2.75) is 6.92 Å². The zero-order valence-electron chi connectivity index (χ0n) is 17.9. The zero-order valence-corrected chi connectivity index (χ0v) is 18.7. The SMILES string of the molecule is Cc1nc2scc(-c3ccccc3)c2c(=O)n1/N=C/c1c2ccccc2cc2ccccc12. The van der Waals surface area contributed by atoms with E-state index < -0.39 is 0 Å². The van der Waals surface area contributed by atoms with Gasteiger partial charge in [-0.2, -0.15) is 9.78 Å². The molecule has 2 aromatic heterocycles. The molecule has 0 aliphatic carbocycles. The van der Waals surface area contributed by atoms with Gasteiger partial charge < -0.3 is 0 Å². The van der Waals surface area contributed by atoms with Crippen molar-refractivity contribution in [2.75, 3.05) is 0 Å². The molecule has 0 radical (unpaired) electrons. The molecule has 4 nitrogen and oxygen atoms in total. The fraction of sp³-hybridized carbons (Fsp3) is 0.0357. The standard InChI is InChI=1S/C28H19N3OS/c1-18-30-27-26(25(17-33-27)19-9-3-2-4-10-19)28(32)31(18)29-16-24-22-13-7-5-11-20(22)15-21-12-6-8-14-23(21)24/h2-17H,1H3/b29-16+. The van der Waals surface area contributed by atoms with Crippen LogP contribution < -0.4 is 5.56 Å². The molecule has 0 spiro atoms. The molecular formula is C28H19N3OS. The lowest BCUT2D eigenvalue weighted by molar-refractivity contribution is 0.773. The number of benzene rings is 4. The summed E-state index contributed by atoms with van der Waals surface area (Å²) in [6, 6.07) is 28.6. The molecule has 0 saturated carbocycles. The van der Waals surface area contributed by atoms with Crippen LogP contribution in [0, 0.1) is 6.92 Å². The van der Waals surface area contributed by atoms with E-state index in [1.54, 1.807) is 6.21 Å². The maximum atomic E-state index is 13.6. The van der Waals surface area contributed by atoms with Gasteiger partial charge in [-0.1, -0.05) is 78.9 Å². The number of fused-ring (bicyclic) bond motifs is 3. The van der Waals surface area contributed by atoms with Crippen molar-refractivity contribution in [3.05, 3.63) is 112 Å². The first-order valence-corrected chi connectivity index (χ1v) is 11.6. The van der Waals surface area contributed by atoms with Crippen molar-refractivity contribution in [1.29, 1.82) is 0 Å². The van der Waals surface area contributed by atoms with Crippen LogP contribution >= 0.6 is 11.3 Å². The normalized spacial score (nSPS) is 11.8. The van der Waals surface area contributed by atoms with Gasteiger partial charge in [0, 0.05) is 16.5 Å². The minimum absolute atomic E-state index is 0.154. The summed E-state index contributed by atoms with van der Waals surface area (Å²) in [5.41, 5.74) is 2.73. The Balaban J connectivity index is 1.58. The Bertz CT molecular complexity index is 1690. The predicted octanol–water partition coefficient (Wildman–Crippen LogP) is 6.62. The molecule has 0 N–H and O–H groups in total. The van der Waals surface area contributed by atoms with Gasteiger partial charge in [0.25, 0.3) is 5.56 Å². The van der Waals surface area contributed by atoms with Gasteiger partial charge in [-0.25, -0.2) is 4.98 Å². The van der Waals surface area contributed by atoms with Gasteiger partial charge >= 0.3 is 0 Å². The topological polar surface area (TPSA) is 47.2 Å². The third kappa shape index (κ3) is 3.25. The molecule has 5 heteroatoms. The van der Waals surface area contributed by atoms with Gasteiger partial charge in [-0.05, 0) is 40.1 Å². The molecule has 0 amide bonds. The van der Waals surface area contributed by atoms with Crippen molar-refractivity contribution in [3.63, 3.8) is 0 Å². The molecule has 0 bridgehead atoms. The summed E-state index contributed by atoms with van der Waals surface area (Å²) < 4.78 is 1.41. The van der Waals surface area contributed by atoms with E-state index in [0.29, 0.717) is 11.2 Å². The Hall–Kier alpha value is -4.09. The molecule has 0 aliphatic rings. The maximum Gasteiger partial charge on any atom is 0.283 e. The average Bonchev–Trinajstić information content (AvgIpc) is 3.27. The van der Waals surface area contributed by atoms with E-state index in [0.717, 1.165) is 43.1 Å². The van der Waals surface area contributed by atoms with Crippen molar-refractivity contribution >= 4 is 49.3 Å². The van der Waals surface area contributed by atoms with Crippen molar-refractivity contribution in [2.24, 2.45) is 5.10 Å². The fourth-order valence-electron chi connectivity index (χ4n) is 4.35. The first-order valence-electron chi connectivity index (χ1n) is 10.7. The minimum atomic E-state index is -0.154. The van der Waals surface area contributed by atoms with Crippen LogP contribution in [-0.2, 0) is 0 Å². The first kappa shape index (κ1) is 19.6. The van der Waals surface area contributed by atoms with Crippen molar-refractivity contribution in [1.82, 2.24) is 9.66 Å². The number of aromatic nitrogens is 2. The van der Waals surface area contributed by atoms with E-state index in [1.807, 2.05) is 66.9 Å². The van der Waals surface area contributed by atoms with E-state index in [-0.39, 0.29) is 5.56 Å². The van der Waals surface area contributed by atoms with Crippen molar-refractivity contribution in [3.8, 4) is 11.1 Å². The van der Waals surface area contributed by atoms with Crippen LogP contribution in [0.3, 0.4) is 0 Å². The number of aryl methyl sites for hydroxylation is 1. The van der Waals surface area contributed by atoms with E-state index in [1.165, 1.54) is 16.0 Å². The molecule has 2 heterocycles. The fourth-order valence-corrected chi connectivity index (χ4v) is 5.34. The lowest BCUT2D eigenvalue weighted by Crippen LogP contribution is -2.20. The van der Waals surface area contributed by atoms with Crippen LogP contribution in [0.4, 0.5) is 0 Å². The first-order chi connectivity index (χ1) is 16.2. The monoisotopic (exact) mass is 445 g/mol. The summed E-state index contributed by atoms with van der Waals surface area (Å²) in [4.78, 5) is 19.0. The van der Waals surface area contributed by atoms with E-state index in [4.69, 9.17) is 0 Å². The second kappa shape index (κ2) is 7.80. The number of thiophene rings is 1. The van der Waals surface area contributed by atoms with Gasteiger partial charge in [0.2, 0.25) is 0 Å². The maximum absolute atomic E-state index is 13.6. The smallest absolute Gasteiger partial charge is 0.267 e. The Morgan fingerprint density at radius 3 is 2.21 bits per heavy atom. The summed E-state index contributed by atoms with van der Waals surface area (Å²) in [5.74, 6) is 0.565. The molecule has 158 valence electrons. The summed E-state index contributed by atoms with van der Waals surface area (Å²) in [7, 11) is 0. The van der Waals surface area contributed by atoms with Crippen LogP contribution in [0.2, 0.25) is 0 Å². The molecule has 0 saturated heterocycles. The van der Waals surface area contributed by atoms with Gasteiger partial charge in [0.1, 0.15) is 10.7 Å². The third-order valence-electron chi connectivity index (χ3n) is 5.95. The molecular weight excluding hydrogens is 426 g/mol. The molecule has 0 unspecified atom stereocenters. The van der Waals surface area contributed by atoms with Crippen LogP contribution in [0.1, 0.15) is 11.4 Å². The quantitative estimate of drug-likeness (QED) is 0.227. The summed E-state index contributed by atoms with van der Waals surface area (Å²) in [5, 5.41) is 11.7. The second-order valence-electron chi connectivity index (χ2n) is 7.95. The molecule has 6 rings (SSSR count). The van der Waals surface area contributed by atoms with Crippen molar-refractivity contribution < 1.29 is 0 Å². The summed E-state index contributed by atoms with van der Waals surface area (Å²) in [6.07, 6.45) is 1.79. The van der Waals surface area contributed by atoms with Crippen LogP contribution in [0.15, 0.2) is 100 Å². The van der Waals surface area contributed by atoms with E-state index in [2.05, 4.69) is 40.4 Å². The zero-order chi connectivity index (χ0) is 22.4. The number of hydrogen-bond acceptors (Lipinski definition) is 4. The Morgan fingerprint density at radius 2 is 1.52 bits per heavy atom. The molecule has 4 aromatic carbocycles. The highest BCUT2D eigenvalue weighted by molar-refractivity contribution is 7.17. The number of hydrogen-bond donors (Lipinski definition) is 0. The van der Waals surface area contributed by atoms with Gasteiger partial charge in [-0.15, -0.1) is 11.3 Å². The van der Waals surface area contributed by atoms with Crippen LogP contribution in [0.5, 0.6) is 0 Å². The van der Waals surface area contributed by atoms with Crippen LogP contribution in [-0.4, -0.2) is 15.9 Å². The molecule has 0 atom stereocenters. The Kier molecular flexibility index (Phi) is 4.63. The highest BCUT2D eigenvalue weighted by Gasteiger charge is 2.15. The van der Waals surface area contributed by atoms with E-state index in [9.17, 15) is 4.79 Å². The van der Waals surface area contributed by atoms with Gasteiger partial charge in [-0.3, -0.25) is 4.79 Å². The Labute approximate surface area is 194 Å². The predicted molar refractivity (Wildman–Crippen MR) is 138 cm³/mol. The highest BCUT2D eigenvalue weighted by Crippen LogP contribution is 2.31. The molecule has 0 aliphatic heterocycles. The summed E-state index contributed by atoms with van der Waals surface area (Å²) >= 11 is 1.49. The van der Waals surface area contributed by atoms with Gasteiger partial charge in [0.15, 0.2) is 0 Å². The third-order valence-corrected chi connectivity index (χ3v) is 6.82. The number of rotatable bonds is 3. The minimum Gasteiger partial charge on any atom is -0.267 e. The lowest BCUT2D eigenvalue weighted by Gasteiger charge is -2.09. The average molecular weight is 446 g/mol. The largest absolute Gasteiger partial charge is 0.283 e. The van der Waals surface area contributed by atoms with Gasteiger partial charge in [0.05, 0.1) is 11.6 Å².